The van der Waals surface area contributed by atoms with E-state index in [4.69, 9.17) is 9.05 Å². The monoisotopic (exact) mass is 301 g/mol. The molecule has 2 unspecified atom stereocenters. The molecule has 0 fully saturated rings. The van der Waals surface area contributed by atoms with Crippen LogP contribution in [-0.2, 0) is 0 Å². The standard InChI is InChI=1S/C16H18N2O2P/c1-11-13-7-3-5-9-15(13)19-21(17-11)18-12(2)14-8-4-6-10-16(14)20-21/h3-12,17-18H,1-2H3/q+1. The van der Waals surface area contributed by atoms with Crippen LogP contribution in [0, 0.1) is 0 Å². The number of hydrogen-bond donors (Lipinski definition) is 2. The normalized spacial score (nSPS) is 30.0. The highest BCUT2D eigenvalue weighted by atomic mass is 31.2. The highest BCUT2D eigenvalue weighted by molar-refractivity contribution is 7.63. The minimum absolute atomic E-state index is 0.188. The molecule has 2 aromatic carbocycles. The summed E-state index contributed by atoms with van der Waals surface area (Å²) >= 11 is 0. The third-order valence-corrected chi connectivity index (χ3v) is 6.31. The third-order valence-electron chi connectivity index (χ3n) is 3.95. The van der Waals surface area contributed by atoms with Crippen molar-refractivity contribution in [3.63, 3.8) is 0 Å². The smallest absolute Gasteiger partial charge is 0.272 e. The molecule has 0 bridgehead atoms. The molecule has 2 N–H and O–H groups in total. The van der Waals surface area contributed by atoms with Crippen molar-refractivity contribution in [2.75, 3.05) is 0 Å². The zero-order chi connectivity index (χ0) is 14.4. The van der Waals surface area contributed by atoms with Crippen molar-refractivity contribution < 1.29 is 9.05 Å². The summed E-state index contributed by atoms with van der Waals surface area (Å²) in [7, 11) is -2.36. The van der Waals surface area contributed by atoms with Gasteiger partial charge in [0.15, 0.2) is 11.5 Å². The van der Waals surface area contributed by atoms with Gasteiger partial charge in [-0.1, -0.05) is 36.4 Å². The summed E-state index contributed by atoms with van der Waals surface area (Å²) in [5.74, 6) is 1.80. The van der Waals surface area contributed by atoms with Gasteiger partial charge in [0.05, 0.1) is 12.1 Å². The topological polar surface area (TPSA) is 42.5 Å². The van der Waals surface area contributed by atoms with Gasteiger partial charge >= 0.3 is 8.02 Å². The van der Waals surface area contributed by atoms with Gasteiger partial charge in [0.25, 0.3) is 0 Å². The molecule has 5 heteroatoms. The highest BCUT2D eigenvalue weighted by Crippen LogP contribution is 2.62. The van der Waals surface area contributed by atoms with Gasteiger partial charge in [-0.15, -0.1) is 10.2 Å². The second-order valence-corrected chi connectivity index (χ2v) is 7.50. The van der Waals surface area contributed by atoms with Crippen molar-refractivity contribution in [2.24, 2.45) is 0 Å². The number of benzene rings is 2. The molecule has 2 aliphatic rings. The maximum Gasteiger partial charge on any atom is 0.519 e. The van der Waals surface area contributed by atoms with Gasteiger partial charge in [-0.25, -0.2) is 0 Å². The van der Waals surface area contributed by atoms with Crippen LogP contribution in [0.3, 0.4) is 0 Å². The Labute approximate surface area is 125 Å². The fourth-order valence-corrected chi connectivity index (χ4v) is 5.44. The minimum Gasteiger partial charge on any atom is -0.272 e. The summed E-state index contributed by atoms with van der Waals surface area (Å²) in [6, 6.07) is 16.6. The van der Waals surface area contributed by atoms with E-state index in [2.05, 4.69) is 36.2 Å². The first-order valence-corrected chi connectivity index (χ1v) is 8.81. The zero-order valence-corrected chi connectivity index (χ0v) is 12.9. The van der Waals surface area contributed by atoms with Gasteiger partial charge < -0.3 is 0 Å². The largest absolute Gasteiger partial charge is 0.519 e. The molecule has 0 saturated carbocycles. The molecule has 1 spiro atoms. The van der Waals surface area contributed by atoms with E-state index >= 15 is 0 Å². The van der Waals surface area contributed by atoms with E-state index in [0.717, 1.165) is 11.5 Å². The molecule has 4 nitrogen and oxygen atoms in total. The Balaban J connectivity index is 1.75. The van der Waals surface area contributed by atoms with E-state index in [1.165, 1.54) is 11.1 Å². The highest BCUT2D eigenvalue weighted by Gasteiger charge is 2.56. The number of rotatable bonds is 0. The van der Waals surface area contributed by atoms with E-state index < -0.39 is 8.02 Å². The van der Waals surface area contributed by atoms with Gasteiger partial charge in [-0.2, -0.15) is 0 Å². The van der Waals surface area contributed by atoms with Crippen molar-refractivity contribution in [3.8, 4) is 11.5 Å². The van der Waals surface area contributed by atoms with Crippen molar-refractivity contribution in [1.29, 1.82) is 0 Å². The quantitative estimate of drug-likeness (QED) is 0.717. The lowest BCUT2D eigenvalue weighted by Gasteiger charge is -2.36. The summed E-state index contributed by atoms with van der Waals surface area (Å²) in [4.78, 5) is 0. The molecule has 2 heterocycles. The molecule has 0 saturated heterocycles. The van der Waals surface area contributed by atoms with Gasteiger partial charge in [-0.05, 0) is 26.0 Å². The van der Waals surface area contributed by atoms with E-state index in [-0.39, 0.29) is 12.1 Å². The molecule has 2 aliphatic heterocycles. The Kier molecular flexibility index (Phi) is 2.93. The Hall–Kier alpha value is -1.61. The maximum atomic E-state index is 6.22. The van der Waals surface area contributed by atoms with Gasteiger partial charge in [0.2, 0.25) is 0 Å². The van der Waals surface area contributed by atoms with Crippen LogP contribution in [0.4, 0.5) is 0 Å². The lowest BCUT2D eigenvalue weighted by Crippen LogP contribution is -2.43. The predicted molar refractivity (Wildman–Crippen MR) is 84.2 cm³/mol. The van der Waals surface area contributed by atoms with Crippen molar-refractivity contribution >= 4 is 8.02 Å². The number of para-hydroxylation sites is 2. The van der Waals surface area contributed by atoms with Crippen molar-refractivity contribution in [2.45, 2.75) is 25.9 Å². The summed E-state index contributed by atoms with van der Waals surface area (Å²) in [5, 5.41) is 7.03. The Morgan fingerprint density at radius 2 is 1.19 bits per heavy atom. The maximum absolute atomic E-state index is 6.22. The van der Waals surface area contributed by atoms with E-state index in [9.17, 15) is 0 Å². The SMILES string of the molecule is CC1N[P+]2(NC(C)c3ccccc3O2)Oc2ccccc21. The summed E-state index contributed by atoms with van der Waals surface area (Å²) in [6.45, 7) is 4.28. The van der Waals surface area contributed by atoms with E-state index in [1.54, 1.807) is 0 Å². The van der Waals surface area contributed by atoms with Crippen LogP contribution in [0.2, 0.25) is 0 Å². The summed E-state index contributed by atoms with van der Waals surface area (Å²) in [6.07, 6.45) is 0. The molecular formula is C16H18N2O2P+. The van der Waals surface area contributed by atoms with E-state index in [1.807, 2.05) is 36.4 Å². The second-order valence-electron chi connectivity index (χ2n) is 5.51. The molecule has 2 aromatic rings. The molecule has 0 radical (unpaired) electrons. The minimum atomic E-state index is -2.36. The molecule has 108 valence electrons. The molecule has 21 heavy (non-hydrogen) atoms. The Morgan fingerprint density at radius 1 is 0.762 bits per heavy atom. The molecular weight excluding hydrogens is 283 g/mol. The molecule has 0 amide bonds. The van der Waals surface area contributed by atoms with Crippen molar-refractivity contribution in [3.05, 3.63) is 59.7 Å². The fourth-order valence-electron chi connectivity index (χ4n) is 2.93. The average Bonchev–Trinajstić information content (AvgIpc) is 2.47. The van der Waals surface area contributed by atoms with Gasteiger partial charge in [0.1, 0.15) is 0 Å². The second kappa shape index (κ2) is 4.70. The molecule has 0 aliphatic carbocycles. The zero-order valence-electron chi connectivity index (χ0n) is 12.0. The lowest BCUT2D eigenvalue weighted by molar-refractivity contribution is 0.363. The first-order valence-electron chi connectivity index (χ1n) is 7.18. The van der Waals surface area contributed by atoms with Crippen LogP contribution < -0.4 is 19.2 Å². The fraction of sp³-hybridized carbons (Fsp3) is 0.250. The molecule has 0 aromatic heterocycles. The van der Waals surface area contributed by atoms with Crippen LogP contribution in [0.15, 0.2) is 48.5 Å². The van der Waals surface area contributed by atoms with Crippen LogP contribution >= 0.6 is 8.02 Å². The Bertz CT molecular complexity index is 632. The summed E-state index contributed by atoms with van der Waals surface area (Å²) in [5.41, 5.74) is 2.33. The van der Waals surface area contributed by atoms with Crippen LogP contribution in [-0.4, -0.2) is 0 Å². The number of fused-ring (bicyclic) bond motifs is 2. The number of nitrogens with one attached hydrogen (secondary N) is 2. The first kappa shape index (κ1) is 13.1. The molecule has 4 rings (SSSR count). The lowest BCUT2D eigenvalue weighted by atomic mass is 10.1. The van der Waals surface area contributed by atoms with Gasteiger partial charge in [-0.3, -0.25) is 9.05 Å². The third kappa shape index (κ3) is 2.11. The first-order chi connectivity index (χ1) is 10.2. The van der Waals surface area contributed by atoms with Crippen LogP contribution in [0.1, 0.15) is 37.1 Å². The van der Waals surface area contributed by atoms with E-state index in [0.29, 0.717) is 0 Å². The predicted octanol–water partition coefficient (Wildman–Crippen LogP) is 4.15. The Morgan fingerprint density at radius 3 is 1.67 bits per heavy atom. The summed E-state index contributed by atoms with van der Waals surface area (Å²) < 4.78 is 12.4. The number of hydrogen-bond acceptors (Lipinski definition) is 4. The van der Waals surface area contributed by atoms with Gasteiger partial charge in [0, 0.05) is 11.1 Å². The van der Waals surface area contributed by atoms with Crippen molar-refractivity contribution in [1.82, 2.24) is 10.2 Å². The molecule has 2 atom stereocenters. The average molecular weight is 301 g/mol. The van der Waals surface area contributed by atoms with Crippen LogP contribution in [0.5, 0.6) is 11.5 Å². The van der Waals surface area contributed by atoms with Crippen LogP contribution in [0.25, 0.3) is 0 Å².